The van der Waals surface area contributed by atoms with E-state index in [4.69, 9.17) is 18.0 Å². The van der Waals surface area contributed by atoms with Gasteiger partial charge in [0.25, 0.3) is 5.91 Å². The van der Waals surface area contributed by atoms with Crippen LogP contribution in [0.1, 0.15) is 6.42 Å². The number of terminal acetylenes is 1. The van der Waals surface area contributed by atoms with Crippen LogP contribution in [0.3, 0.4) is 0 Å². The number of hydrogen-bond donors (Lipinski definition) is 0. The van der Waals surface area contributed by atoms with E-state index in [-0.39, 0.29) is 17.4 Å². The molecule has 0 spiro atoms. The standard InChI is InChI=1S/C18H17ClF3N5O4S/c1-3-8-26(15-11-27(24-16(15)19)13-5-4-7-23-10-13)17(28)14(25-31-2)12-32(29,30)9-6-18(20,21)22/h1,4-5,7,10-11H,6,8-9,12H2,2H3. The molecule has 1 amide bonds. The van der Waals surface area contributed by atoms with E-state index in [2.05, 4.69) is 26.0 Å². The number of carbonyl (C=O) groups is 1. The number of oxime groups is 1. The summed E-state index contributed by atoms with van der Waals surface area (Å²) in [5.74, 6) is -1.10. The van der Waals surface area contributed by atoms with Crippen molar-refractivity contribution in [1.29, 1.82) is 0 Å². The maximum atomic E-state index is 13.0. The molecule has 32 heavy (non-hydrogen) atoms. The van der Waals surface area contributed by atoms with Crippen LogP contribution < -0.4 is 4.90 Å². The Morgan fingerprint density at radius 3 is 2.72 bits per heavy atom. The van der Waals surface area contributed by atoms with Crippen molar-refractivity contribution in [2.45, 2.75) is 12.6 Å². The van der Waals surface area contributed by atoms with Crippen LogP contribution in [0.4, 0.5) is 18.9 Å². The third kappa shape index (κ3) is 6.96. The Hall–Kier alpha value is -3.11. The lowest BCUT2D eigenvalue weighted by Gasteiger charge is -2.19. The first kappa shape index (κ1) is 25.2. The molecule has 0 saturated carbocycles. The maximum Gasteiger partial charge on any atom is 0.390 e. The number of nitrogens with zero attached hydrogens (tertiary/aromatic N) is 5. The average molecular weight is 492 g/mol. The highest BCUT2D eigenvalue weighted by molar-refractivity contribution is 7.92. The first-order valence-electron chi connectivity index (χ1n) is 8.75. The molecule has 0 fully saturated rings. The molecular weight excluding hydrogens is 475 g/mol. The molecule has 0 aliphatic heterocycles. The molecule has 0 atom stereocenters. The summed E-state index contributed by atoms with van der Waals surface area (Å²) >= 11 is 6.15. The second-order valence-electron chi connectivity index (χ2n) is 6.23. The summed E-state index contributed by atoms with van der Waals surface area (Å²) in [7, 11) is -3.30. The summed E-state index contributed by atoms with van der Waals surface area (Å²) < 4.78 is 62.9. The van der Waals surface area contributed by atoms with Gasteiger partial charge in [0.1, 0.15) is 18.6 Å². The van der Waals surface area contributed by atoms with Gasteiger partial charge >= 0.3 is 6.18 Å². The zero-order chi connectivity index (χ0) is 23.9. The number of halogens is 4. The van der Waals surface area contributed by atoms with Gasteiger partial charge in [-0.1, -0.05) is 22.7 Å². The molecule has 2 aromatic rings. The van der Waals surface area contributed by atoms with Gasteiger partial charge < -0.3 is 4.84 Å². The van der Waals surface area contributed by atoms with E-state index >= 15 is 0 Å². The van der Waals surface area contributed by atoms with Crippen molar-refractivity contribution in [2.24, 2.45) is 5.16 Å². The minimum Gasteiger partial charge on any atom is -0.399 e. The topological polar surface area (TPSA) is 107 Å². The second-order valence-corrected chi connectivity index (χ2v) is 8.78. The Morgan fingerprint density at radius 2 is 2.16 bits per heavy atom. The lowest BCUT2D eigenvalue weighted by atomic mass is 10.3. The van der Waals surface area contributed by atoms with E-state index in [1.54, 1.807) is 12.1 Å². The van der Waals surface area contributed by atoms with Gasteiger partial charge in [0.15, 0.2) is 20.7 Å². The lowest BCUT2D eigenvalue weighted by Crippen LogP contribution is -2.40. The van der Waals surface area contributed by atoms with Crippen molar-refractivity contribution >= 4 is 38.7 Å². The quantitative estimate of drug-likeness (QED) is 0.302. The first-order chi connectivity index (χ1) is 15.0. The van der Waals surface area contributed by atoms with E-state index in [9.17, 15) is 26.4 Å². The monoisotopic (exact) mass is 491 g/mol. The van der Waals surface area contributed by atoms with Crippen molar-refractivity contribution in [3.05, 3.63) is 35.9 Å². The van der Waals surface area contributed by atoms with Gasteiger partial charge in [-0.05, 0) is 12.1 Å². The van der Waals surface area contributed by atoms with E-state index in [1.807, 2.05) is 0 Å². The highest BCUT2D eigenvalue weighted by Crippen LogP contribution is 2.26. The van der Waals surface area contributed by atoms with Gasteiger partial charge in [0.05, 0.1) is 36.8 Å². The fourth-order valence-corrected chi connectivity index (χ4v) is 3.96. The third-order valence-corrected chi connectivity index (χ3v) is 5.66. The van der Waals surface area contributed by atoms with Crippen molar-refractivity contribution in [3.8, 4) is 18.0 Å². The zero-order valence-electron chi connectivity index (χ0n) is 16.6. The van der Waals surface area contributed by atoms with Crippen molar-refractivity contribution in [2.75, 3.05) is 30.1 Å². The molecular formula is C18H17ClF3N5O4S. The molecule has 14 heteroatoms. The summed E-state index contributed by atoms with van der Waals surface area (Å²) in [5.41, 5.74) is -0.139. The first-order valence-corrected chi connectivity index (χ1v) is 11.0. The maximum absolute atomic E-state index is 13.0. The van der Waals surface area contributed by atoms with E-state index in [1.165, 1.54) is 23.3 Å². The molecule has 2 heterocycles. The Bertz CT molecular complexity index is 1130. The highest BCUT2D eigenvalue weighted by atomic mass is 35.5. The number of aromatic nitrogens is 3. The zero-order valence-corrected chi connectivity index (χ0v) is 18.2. The van der Waals surface area contributed by atoms with Gasteiger partial charge in [-0.15, -0.1) is 6.42 Å². The fourth-order valence-electron chi connectivity index (χ4n) is 2.45. The number of carbonyl (C=O) groups excluding carboxylic acids is 1. The molecule has 0 saturated heterocycles. The largest absolute Gasteiger partial charge is 0.399 e. The van der Waals surface area contributed by atoms with Crippen molar-refractivity contribution < 1.29 is 31.2 Å². The van der Waals surface area contributed by atoms with Crippen LogP contribution in [0.15, 0.2) is 35.9 Å². The van der Waals surface area contributed by atoms with Crippen LogP contribution in [0, 0.1) is 12.3 Å². The molecule has 0 N–H and O–H groups in total. The summed E-state index contributed by atoms with van der Waals surface area (Å²) in [4.78, 5) is 22.4. The van der Waals surface area contributed by atoms with Gasteiger partial charge in [-0.3, -0.25) is 14.7 Å². The summed E-state index contributed by atoms with van der Waals surface area (Å²) in [6.45, 7) is -0.359. The number of rotatable bonds is 9. The van der Waals surface area contributed by atoms with Gasteiger partial charge in [-0.2, -0.15) is 18.3 Å². The number of hydrogen-bond acceptors (Lipinski definition) is 7. The molecule has 0 unspecified atom stereocenters. The van der Waals surface area contributed by atoms with Gasteiger partial charge in [0, 0.05) is 6.20 Å². The molecule has 0 bridgehead atoms. The molecule has 2 rings (SSSR count). The molecule has 0 aromatic carbocycles. The SMILES string of the molecule is C#CCN(C(=O)C(CS(=O)(=O)CCC(F)(F)F)=NOC)c1cn(-c2cccnc2)nc1Cl. The van der Waals surface area contributed by atoms with Crippen LogP contribution in [0.25, 0.3) is 5.69 Å². The molecule has 172 valence electrons. The smallest absolute Gasteiger partial charge is 0.390 e. The van der Waals surface area contributed by atoms with Crippen LogP contribution >= 0.6 is 11.6 Å². The number of amides is 1. The second kappa shape index (κ2) is 10.5. The Labute approximate surface area is 186 Å². The van der Waals surface area contributed by atoms with Gasteiger partial charge in [0.2, 0.25) is 0 Å². The average Bonchev–Trinajstić information content (AvgIpc) is 3.11. The van der Waals surface area contributed by atoms with Gasteiger partial charge in [-0.25, -0.2) is 13.1 Å². The molecule has 9 nitrogen and oxygen atoms in total. The lowest BCUT2D eigenvalue weighted by molar-refractivity contribution is -0.129. The molecule has 2 aromatic heterocycles. The van der Waals surface area contributed by atoms with E-state index < -0.39 is 45.6 Å². The molecule has 0 radical (unpaired) electrons. The van der Waals surface area contributed by atoms with Crippen molar-refractivity contribution in [3.63, 3.8) is 0 Å². The summed E-state index contributed by atoms with van der Waals surface area (Å²) in [6, 6.07) is 3.31. The number of alkyl halides is 3. The van der Waals surface area contributed by atoms with E-state index in [0.717, 1.165) is 12.0 Å². The minimum absolute atomic E-state index is 0.0231. The highest BCUT2D eigenvalue weighted by Gasteiger charge is 2.33. The number of anilines is 1. The van der Waals surface area contributed by atoms with E-state index in [0.29, 0.717) is 5.69 Å². The van der Waals surface area contributed by atoms with Crippen LogP contribution in [0.2, 0.25) is 5.15 Å². The molecule has 0 aliphatic carbocycles. The van der Waals surface area contributed by atoms with Crippen LogP contribution in [0.5, 0.6) is 0 Å². The fraction of sp³-hybridized carbons (Fsp3) is 0.333. The van der Waals surface area contributed by atoms with Crippen LogP contribution in [-0.2, 0) is 19.5 Å². The van der Waals surface area contributed by atoms with Crippen molar-refractivity contribution in [1.82, 2.24) is 14.8 Å². The predicted molar refractivity (Wildman–Crippen MR) is 111 cm³/mol. The Balaban J connectivity index is 2.36. The predicted octanol–water partition coefficient (Wildman–Crippen LogP) is 2.26. The normalized spacial score (nSPS) is 12.3. The number of pyridine rings is 1. The summed E-state index contributed by atoms with van der Waals surface area (Å²) in [5, 5.41) is 7.32. The minimum atomic E-state index is -4.68. The Morgan fingerprint density at radius 1 is 1.44 bits per heavy atom. The summed E-state index contributed by atoms with van der Waals surface area (Å²) in [6.07, 6.45) is 3.46. The van der Waals surface area contributed by atoms with Crippen LogP contribution in [-0.4, -0.2) is 66.1 Å². The molecule has 0 aliphatic rings. The Kier molecular flexibility index (Phi) is 8.23. The number of sulfone groups is 1. The third-order valence-electron chi connectivity index (χ3n) is 3.85.